The number of aliphatic hydroxyl groups excluding tert-OH is 1. The van der Waals surface area contributed by atoms with Crippen LogP contribution in [0.15, 0.2) is 48.8 Å². The third-order valence-corrected chi connectivity index (χ3v) is 4.25. The number of aliphatic hydroxyl groups is 1. The van der Waals surface area contributed by atoms with E-state index in [1.54, 1.807) is 38.2 Å². The molecule has 0 radical (unpaired) electrons. The second kappa shape index (κ2) is 16.1. The number of halogens is 3. The van der Waals surface area contributed by atoms with Gasteiger partial charge in [0.05, 0.1) is 5.56 Å². The van der Waals surface area contributed by atoms with E-state index in [9.17, 15) is 18.0 Å². The average Bonchev–Trinajstić information content (AvgIpc) is 2.81. The number of benzene rings is 1. The van der Waals surface area contributed by atoms with Crippen LogP contribution in [0.2, 0.25) is 0 Å². The van der Waals surface area contributed by atoms with Crippen molar-refractivity contribution in [3.63, 3.8) is 0 Å². The Morgan fingerprint density at radius 2 is 1.64 bits per heavy atom. The molecule has 0 aliphatic rings. The Morgan fingerprint density at radius 3 is 2.08 bits per heavy atom. The van der Waals surface area contributed by atoms with E-state index in [-0.39, 0.29) is 23.8 Å². The molecule has 10 heteroatoms. The van der Waals surface area contributed by atoms with Crippen molar-refractivity contribution in [1.29, 1.82) is 5.41 Å². The zero-order chi connectivity index (χ0) is 27.9. The molecule has 5 N–H and O–H groups in total. The van der Waals surface area contributed by atoms with Crippen LogP contribution in [0, 0.1) is 26.2 Å². The van der Waals surface area contributed by atoms with Gasteiger partial charge in [-0.1, -0.05) is 23.8 Å². The first kappa shape index (κ1) is 32.4. The van der Waals surface area contributed by atoms with Gasteiger partial charge in [-0.25, -0.2) is 4.98 Å². The van der Waals surface area contributed by atoms with Gasteiger partial charge in [0, 0.05) is 36.3 Å². The average molecular weight is 506 g/mol. The molecular weight excluding hydrogens is 471 g/mol. The Bertz CT molecular complexity index is 1100. The molecule has 0 amide bonds. The fourth-order valence-electron chi connectivity index (χ4n) is 2.62. The summed E-state index contributed by atoms with van der Waals surface area (Å²) < 4.78 is 36.7. The highest BCUT2D eigenvalue weighted by molar-refractivity contribution is 6.13. The van der Waals surface area contributed by atoms with Gasteiger partial charge in [0.2, 0.25) is 5.78 Å². The standard InChI is InChI=1S/C13H12N4O.C9H9F3.C2H7N.C2H6O/c1-8-2-3-11(17-7-8)12(18)9-4-5-16-13(15)10(9)6-14;1-6-3-4-7(2)8(5-6)9(10,11)12;1-3-2;1-2-3/h2-7,14H,1H3,(H2,15,16);3-5H,1-2H3;3H,1-2H3;3H,2H2,1H3. The summed E-state index contributed by atoms with van der Waals surface area (Å²) >= 11 is 0. The van der Waals surface area contributed by atoms with E-state index in [2.05, 4.69) is 15.3 Å². The van der Waals surface area contributed by atoms with Crippen LogP contribution in [0.5, 0.6) is 0 Å². The molecule has 0 saturated heterocycles. The highest BCUT2D eigenvalue weighted by atomic mass is 19.4. The van der Waals surface area contributed by atoms with Crippen molar-refractivity contribution >= 4 is 17.8 Å². The van der Waals surface area contributed by atoms with Gasteiger partial charge >= 0.3 is 6.18 Å². The number of hydrogen-bond acceptors (Lipinski definition) is 7. The Labute approximate surface area is 210 Å². The van der Waals surface area contributed by atoms with Crippen molar-refractivity contribution < 1.29 is 23.1 Å². The molecule has 0 bridgehead atoms. The summed E-state index contributed by atoms with van der Waals surface area (Å²) in [6, 6.07) is 9.33. The fourth-order valence-corrected chi connectivity index (χ4v) is 2.62. The number of carbonyl (C=O) groups is 1. The predicted octanol–water partition coefficient (Wildman–Crippen LogP) is 4.75. The van der Waals surface area contributed by atoms with E-state index in [1.165, 1.54) is 19.2 Å². The zero-order valence-corrected chi connectivity index (χ0v) is 21.4. The van der Waals surface area contributed by atoms with E-state index >= 15 is 0 Å². The lowest BCUT2D eigenvalue weighted by atomic mass is 10.0. The number of ketones is 1. The molecule has 0 aliphatic carbocycles. The van der Waals surface area contributed by atoms with Gasteiger partial charge in [-0.3, -0.25) is 9.78 Å². The zero-order valence-electron chi connectivity index (χ0n) is 21.4. The Kier molecular flexibility index (Phi) is 14.5. The molecule has 0 atom stereocenters. The van der Waals surface area contributed by atoms with Gasteiger partial charge in [-0.15, -0.1) is 0 Å². The normalized spacial score (nSPS) is 9.94. The molecule has 2 aromatic heterocycles. The summed E-state index contributed by atoms with van der Waals surface area (Å²) in [5, 5.41) is 17.6. The SMILES string of the molecule is CCO.CNC.Cc1ccc(C(=O)c2ccnc(N)c2C=N)nc1.Cc1ccc(C)c(C(F)(F)F)c1. The van der Waals surface area contributed by atoms with Crippen molar-refractivity contribution in [2.24, 2.45) is 0 Å². The first-order chi connectivity index (χ1) is 16.9. The lowest BCUT2D eigenvalue weighted by Crippen LogP contribution is -2.10. The van der Waals surface area contributed by atoms with Gasteiger partial charge in [0.1, 0.15) is 11.5 Å². The van der Waals surface area contributed by atoms with E-state index in [0.717, 1.165) is 17.8 Å². The maximum atomic E-state index is 12.2. The fraction of sp³-hybridized carbons (Fsp3) is 0.308. The van der Waals surface area contributed by atoms with Gasteiger partial charge in [0.15, 0.2) is 0 Å². The molecule has 7 nitrogen and oxygen atoms in total. The molecule has 196 valence electrons. The van der Waals surface area contributed by atoms with E-state index in [1.807, 2.05) is 27.1 Å². The second-order valence-corrected chi connectivity index (χ2v) is 7.48. The Balaban J connectivity index is 0.000000587. The van der Waals surface area contributed by atoms with E-state index in [0.29, 0.717) is 22.4 Å². The van der Waals surface area contributed by atoms with Crippen molar-refractivity contribution in [3.8, 4) is 0 Å². The molecule has 2 heterocycles. The van der Waals surface area contributed by atoms with Crippen LogP contribution in [0.1, 0.15) is 50.8 Å². The summed E-state index contributed by atoms with van der Waals surface area (Å²) in [6.07, 6.45) is -0.120. The number of anilines is 1. The molecular formula is C26H34F3N5O2. The number of alkyl halides is 3. The molecule has 0 spiro atoms. The monoisotopic (exact) mass is 505 g/mol. The maximum Gasteiger partial charge on any atom is 0.416 e. The largest absolute Gasteiger partial charge is 0.416 e. The number of rotatable bonds is 3. The number of aromatic nitrogens is 2. The summed E-state index contributed by atoms with van der Waals surface area (Å²) in [5.74, 6) is -0.0921. The molecule has 0 fully saturated rings. The quantitative estimate of drug-likeness (QED) is 0.301. The van der Waals surface area contributed by atoms with Gasteiger partial charge in [0.25, 0.3) is 0 Å². The molecule has 3 aromatic rings. The summed E-state index contributed by atoms with van der Waals surface area (Å²) in [4.78, 5) is 20.2. The first-order valence-electron chi connectivity index (χ1n) is 10.9. The number of aryl methyl sites for hydroxylation is 3. The van der Waals surface area contributed by atoms with Crippen LogP contribution in [0.3, 0.4) is 0 Å². The molecule has 0 saturated carbocycles. The minimum absolute atomic E-state index is 0.169. The summed E-state index contributed by atoms with van der Waals surface area (Å²) in [7, 11) is 3.75. The number of carbonyl (C=O) groups excluding carboxylic acids is 1. The van der Waals surface area contributed by atoms with Crippen molar-refractivity contribution in [2.75, 3.05) is 26.4 Å². The van der Waals surface area contributed by atoms with Gasteiger partial charge < -0.3 is 21.6 Å². The minimum atomic E-state index is -4.23. The number of nitrogen functional groups attached to an aromatic ring is 1. The molecule has 0 aliphatic heterocycles. The van der Waals surface area contributed by atoms with Crippen LogP contribution < -0.4 is 11.1 Å². The van der Waals surface area contributed by atoms with Crippen LogP contribution >= 0.6 is 0 Å². The van der Waals surface area contributed by atoms with Crippen molar-refractivity contribution in [3.05, 3.63) is 87.9 Å². The third kappa shape index (κ3) is 10.7. The highest BCUT2D eigenvalue weighted by Crippen LogP contribution is 2.32. The predicted molar refractivity (Wildman–Crippen MR) is 138 cm³/mol. The number of hydrogen-bond donors (Lipinski definition) is 4. The number of nitrogens with zero attached hydrogens (tertiary/aromatic N) is 2. The lowest BCUT2D eigenvalue weighted by molar-refractivity contribution is -0.138. The van der Waals surface area contributed by atoms with Gasteiger partial charge in [-0.05, 0) is 71.1 Å². The number of nitrogens with one attached hydrogen (secondary N) is 2. The number of pyridine rings is 2. The Hall–Kier alpha value is -3.63. The summed E-state index contributed by atoms with van der Waals surface area (Å²) in [6.45, 7) is 6.94. The third-order valence-electron chi connectivity index (χ3n) is 4.25. The molecule has 36 heavy (non-hydrogen) atoms. The minimum Gasteiger partial charge on any atom is -0.397 e. The number of nitrogens with two attached hydrogens (primary N) is 1. The van der Waals surface area contributed by atoms with E-state index in [4.69, 9.17) is 16.2 Å². The molecule has 3 rings (SSSR count). The maximum absolute atomic E-state index is 12.2. The first-order valence-corrected chi connectivity index (χ1v) is 10.9. The smallest absolute Gasteiger partial charge is 0.397 e. The van der Waals surface area contributed by atoms with Crippen LogP contribution in [-0.4, -0.2) is 47.8 Å². The summed E-state index contributed by atoms with van der Waals surface area (Å²) in [5.41, 5.74) is 7.97. The molecule has 0 unspecified atom stereocenters. The second-order valence-electron chi connectivity index (χ2n) is 7.48. The van der Waals surface area contributed by atoms with Crippen molar-refractivity contribution in [1.82, 2.24) is 15.3 Å². The van der Waals surface area contributed by atoms with Gasteiger partial charge in [-0.2, -0.15) is 13.2 Å². The van der Waals surface area contributed by atoms with Crippen LogP contribution in [-0.2, 0) is 6.18 Å². The highest BCUT2D eigenvalue weighted by Gasteiger charge is 2.32. The van der Waals surface area contributed by atoms with Crippen LogP contribution in [0.25, 0.3) is 0 Å². The lowest BCUT2D eigenvalue weighted by Gasteiger charge is -2.10. The van der Waals surface area contributed by atoms with Crippen molar-refractivity contribution in [2.45, 2.75) is 33.9 Å². The topological polar surface area (TPSA) is 125 Å². The molecule has 1 aromatic carbocycles. The Morgan fingerprint density at radius 1 is 1.08 bits per heavy atom. The van der Waals surface area contributed by atoms with E-state index < -0.39 is 11.7 Å². The van der Waals surface area contributed by atoms with Crippen LogP contribution in [0.4, 0.5) is 19.0 Å².